The Kier molecular flexibility index (Phi) is 6.30. The van der Waals surface area contributed by atoms with Gasteiger partial charge >= 0.3 is 12.1 Å². The second kappa shape index (κ2) is 8.12. The van der Waals surface area contributed by atoms with Gasteiger partial charge in [-0.05, 0) is 34.6 Å². The van der Waals surface area contributed by atoms with Gasteiger partial charge in [-0.3, -0.25) is 4.90 Å². The third-order valence-electron chi connectivity index (χ3n) is 3.98. The van der Waals surface area contributed by atoms with E-state index in [1.54, 1.807) is 4.90 Å². The Balaban J connectivity index is 2.25. The molecule has 2 heterocycles. The molecule has 0 N–H and O–H groups in total. The molecule has 0 radical (unpaired) electrons. The van der Waals surface area contributed by atoms with Gasteiger partial charge in [-0.1, -0.05) is 17.7 Å². The van der Waals surface area contributed by atoms with Gasteiger partial charge < -0.3 is 14.4 Å². The number of amides is 1. The van der Waals surface area contributed by atoms with E-state index in [2.05, 4.69) is 14.7 Å². The minimum Gasteiger partial charge on any atom is -0.464 e. The summed E-state index contributed by atoms with van der Waals surface area (Å²) in [5.74, 6) is -0.159. The predicted octanol–water partition coefficient (Wildman–Crippen LogP) is 3.27. The Hall–Kier alpha value is -2.35. The Morgan fingerprint density at radius 1 is 1.37 bits per heavy atom. The van der Waals surface area contributed by atoms with Crippen molar-refractivity contribution in [3.05, 3.63) is 28.8 Å². The van der Waals surface area contributed by atoms with E-state index in [9.17, 15) is 9.59 Å². The number of methoxy groups -OCH3 is 1. The van der Waals surface area contributed by atoms with E-state index in [4.69, 9.17) is 16.3 Å². The number of ether oxygens (including phenoxy) is 2. The SMILES string of the molecule is C/C=C1\CN(c2ncc(C(=O)OC)nc2Cl)[C@H](C)CN1C(=O)OC(C)(C)C. The molecule has 0 spiro atoms. The molecular formula is C18H25ClN4O4. The number of carbonyl (C=O) groups is 2. The Bertz CT molecular complexity index is 760. The van der Waals surface area contributed by atoms with Crippen molar-refractivity contribution in [1.82, 2.24) is 14.9 Å². The predicted molar refractivity (Wildman–Crippen MR) is 102 cm³/mol. The van der Waals surface area contributed by atoms with Crippen LogP contribution in [0.25, 0.3) is 0 Å². The normalized spacial score (nSPS) is 19.2. The molecule has 1 aliphatic rings. The number of nitrogens with zero attached hydrogens (tertiary/aromatic N) is 4. The molecule has 9 heteroatoms. The van der Waals surface area contributed by atoms with Crippen molar-refractivity contribution in [3.8, 4) is 0 Å². The summed E-state index contributed by atoms with van der Waals surface area (Å²) in [7, 11) is 1.27. The number of rotatable bonds is 2. The minimum atomic E-state index is -0.604. The highest BCUT2D eigenvalue weighted by atomic mass is 35.5. The van der Waals surface area contributed by atoms with Gasteiger partial charge in [0.15, 0.2) is 16.7 Å². The van der Waals surface area contributed by atoms with E-state index in [1.165, 1.54) is 13.3 Å². The molecule has 1 amide bonds. The number of allylic oxidation sites excluding steroid dienone is 1. The van der Waals surface area contributed by atoms with Crippen LogP contribution in [-0.2, 0) is 9.47 Å². The Morgan fingerprint density at radius 2 is 2.04 bits per heavy atom. The van der Waals surface area contributed by atoms with E-state index >= 15 is 0 Å². The minimum absolute atomic E-state index is 0.0394. The number of carbonyl (C=O) groups excluding carboxylic acids is 2. The van der Waals surface area contributed by atoms with Crippen molar-refractivity contribution < 1.29 is 19.1 Å². The monoisotopic (exact) mass is 396 g/mol. The highest BCUT2D eigenvalue weighted by Crippen LogP contribution is 2.29. The largest absolute Gasteiger partial charge is 0.464 e. The molecule has 0 unspecified atom stereocenters. The smallest absolute Gasteiger partial charge is 0.414 e. The summed E-state index contributed by atoms with van der Waals surface area (Å²) in [5, 5.41) is 0.103. The second-order valence-corrected chi connectivity index (χ2v) is 7.57. The van der Waals surface area contributed by atoms with E-state index in [0.29, 0.717) is 18.9 Å². The molecule has 1 saturated heterocycles. The zero-order valence-electron chi connectivity index (χ0n) is 16.4. The van der Waals surface area contributed by atoms with Gasteiger partial charge in [-0.25, -0.2) is 19.6 Å². The fraction of sp³-hybridized carbons (Fsp3) is 0.556. The van der Waals surface area contributed by atoms with Crippen molar-refractivity contribution in [2.24, 2.45) is 0 Å². The first-order chi connectivity index (χ1) is 12.6. The molecule has 1 aromatic heterocycles. The third-order valence-corrected chi connectivity index (χ3v) is 4.24. The van der Waals surface area contributed by atoms with Crippen molar-refractivity contribution in [1.29, 1.82) is 0 Å². The van der Waals surface area contributed by atoms with E-state index in [-0.39, 0.29) is 23.0 Å². The topological polar surface area (TPSA) is 84.9 Å². The van der Waals surface area contributed by atoms with Crippen molar-refractivity contribution >= 4 is 29.5 Å². The van der Waals surface area contributed by atoms with Crippen molar-refractivity contribution in [2.45, 2.75) is 46.3 Å². The van der Waals surface area contributed by atoms with Gasteiger partial charge in [0.25, 0.3) is 0 Å². The summed E-state index contributed by atoms with van der Waals surface area (Å²) in [6.45, 7) is 10.1. The van der Waals surface area contributed by atoms with Crippen molar-refractivity contribution in [2.75, 3.05) is 25.1 Å². The van der Waals surface area contributed by atoms with Gasteiger partial charge in [0.1, 0.15) is 5.60 Å². The van der Waals surface area contributed by atoms with Crippen LogP contribution in [0.2, 0.25) is 5.15 Å². The highest BCUT2D eigenvalue weighted by molar-refractivity contribution is 6.31. The van der Waals surface area contributed by atoms with E-state index < -0.39 is 11.6 Å². The Labute approximate surface area is 164 Å². The van der Waals surface area contributed by atoms with Gasteiger partial charge in [0, 0.05) is 18.3 Å². The van der Waals surface area contributed by atoms with Crippen LogP contribution < -0.4 is 4.90 Å². The number of hydrogen-bond donors (Lipinski definition) is 0. The molecule has 27 heavy (non-hydrogen) atoms. The average molecular weight is 397 g/mol. The van der Waals surface area contributed by atoms with Crippen molar-refractivity contribution in [3.63, 3.8) is 0 Å². The number of piperazine rings is 1. The summed E-state index contributed by atoms with van der Waals surface area (Å²) in [4.78, 5) is 36.0. The van der Waals surface area contributed by atoms with Crippen LogP contribution in [0.4, 0.5) is 10.6 Å². The summed E-state index contributed by atoms with van der Waals surface area (Å²) in [5.41, 5.74) is 0.240. The standard InChI is InChI=1S/C18H25ClN4O4/c1-7-12-10-22(11(2)9-23(12)17(25)27-18(3,4)5)15-14(19)21-13(8-20-15)16(24)26-6/h7-8,11H,9-10H2,1-6H3/b12-7+/t11-/m1/s1. The molecule has 2 rings (SSSR count). The summed E-state index contributed by atoms with van der Waals surface area (Å²) in [6, 6.07) is -0.0861. The van der Waals surface area contributed by atoms with Crippen LogP contribution >= 0.6 is 11.6 Å². The molecule has 0 saturated carbocycles. The van der Waals surface area contributed by atoms with Gasteiger partial charge in [0.05, 0.1) is 19.9 Å². The van der Waals surface area contributed by atoms with Crippen LogP contribution in [0.3, 0.4) is 0 Å². The lowest BCUT2D eigenvalue weighted by atomic mass is 10.1. The third kappa shape index (κ3) is 4.88. The average Bonchev–Trinajstić information content (AvgIpc) is 2.59. The first-order valence-corrected chi connectivity index (χ1v) is 8.98. The maximum Gasteiger partial charge on any atom is 0.414 e. The van der Waals surface area contributed by atoms with Gasteiger partial charge in [-0.15, -0.1) is 0 Å². The molecule has 1 atom stereocenters. The number of esters is 1. The van der Waals surface area contributed by atoms with Crippen LogP contribution in [0.15, 0.2) is 18.0 Å². The molecule has 0 aromatic carbocycles. The molecule has 148 valence electrons. The lowest BCUT2D eigenvalue weighted by molar-refractivity contribution is 0.0284. The first kappa shape index (κ1) is 21.0. The van der Waals surface area contributed by atoms with E-state index in [0.717, 1.165) is 5.70 Å². The molecule has 0 aliphatic carbocycles. The van der Waals surface area contributed by atoms with Gasteiger partial charge in [0.2, 0.25) is 0 Å². The number of aromatic nitrogens is 2. The highest BCUT2D eigenvalue weighted by Gasteiger charge is 2.34. The fourth-order valence-electron chi connectivity index (χ4n) is 2.69. The molecule has 0 bridgehead atoms. The lowest BCUT2D eigenvalue weighted by Crippen LogP contribution is -2.53. The first-order valence-electron chi connectivity index (χ1n) is 8.60. The lowest BCUT2D eigenvalue weighted by Gasteiger charge is -2.42. The zero-order valence-corrected chi connectivity index (χ0v) is 17.2. The number of hydrogen-bond acceptors (Lipinski definition) is 7. The quantitative estimate of drug-likeness (QED) is 0.709. The second-order valence-electron chi connectivity index (χ2n) is 7.21. The molecule has 1 aliphatic heterocycles. The van der Waals surface area contributed by atoms with E-state index in [1.807, 2.05) is 45.6 Å². The summed E-state index contributed by atoms with van der Waals surface area (Å²) in [6.07, 6.45) is 2.79. The zero-order chi connectivity index (χ0) is 20.4. The fourth-order valence-corrected chi connectivity index (χ4v) is 2.94. The number of anilines is 1. The van der Waals surface area contributed by atoms with Crippen LogP contribution in [0.5, 0.6) is 0 Å². The summed E-state index contributed by atoms with van der Waals surface area (Å²) >= 11 is 6.26. The molecule has 8 nitrogen and oxygen atoms in total. The summed E-state index contributed by atoms with van der Waals surface area (Å²) < 4.78 is 10.1. The Morgan fingerprint density at radius 3 is 2.56 bits per heavy atom. The van der Waals surface area contributed by atoms with Crippen LogP contribution in [0, 0.1) is 0 Å². The number of halogens is 1. The molecular weight excluding hydrogens is 372 g/mol. The molecule has 1 fully saturated rings. The molecule has 1 aromatic rings. The maximum atomic E-state index is 12.5. The van der Waals surface area contributed by atoms with Gasteiger partial charge in [-0.2, -0.15) is 0 Å². The van der Waals surface area contributed by atoms with Crippen LogP contribution in [0.1, 0.15) is 45.1 Å². The maximum absolute atomic E-state index is 12.5. The van der Waals surface area contributed by atoms with Crippen LogP contribution in [-0.4, -0.2) is 58.8 Å².